The number of nitrogens with two attached hydrogens (primary N) is 2. The van der Waals surface area contributed by atoms with E-state index in [1.54, 1.807) is 6.20 Å². The van der Waals surface area contributed by atoms with Gasteiger partial charge in [-0.2, -0.15) is 0 Å². The van der Waals surface area contributed by atoms with Crippen LogP contribution in [0.2, 0.25) is 0 Å². The second-order valence-corrected chi connectivity index (χ2v) is 4.83. The Morgan fingerprint density at radius 1 is 1.37 bits per heavy atom. The summed E-state index contributed by atoms with van der Waals surface area (Å²) in [6.45, 7) is 0.835. The Hall–Kier alpha value is -2.30. The van der Waals surface area contributed by atoms with Crippen molar-refractivity contribution in [2.24, 2.45) is 5.73 Å². The predicted octanol–water partition coefficient (Wildman–Crippen LogP) is 1.27. The first kappa shape index (κ1) is 11.8. The van der Waals surface area contributed by atoms with Gasteiger partial charge < -0.3 is 16.4 Å². The fourth-order valence-electron chi connectivity index (χ4n) is 2.79. The number of carbonyl (C=O) groups is 1. The Morgan fingerprint density at radius 2 is 2.21 bits per heavy atom. The smallest absolute Gasteiger partial charge is 0.240 e. The van der Waals surface area contributed by atoms with Crippen LogP contribution in [-0.2, 0) is 4.79 Å². The summed E-state index contributed by atoms with van der Waals surface area (Å²) >= 11 is 0. The number of carbonyl (C=O) groups excluding carboxylic acids is 1. The lowest BCUT2D eigenvalue weighted by atomic mass is 10.1. The van der Waals surface area contributed by atoms with E-state index in [1.807, 2.05) is 24.3 Å². The molecule has 5 nitrogen and oxygen atoms in total. The molecule has 98 valence electrons. The quantitative estimate of drug-likeness (QED) is 0.792. The lowest BCUT2D eigenvalue weighted by Gasteiger charge is -2.25. The molecule has 0 aliphatic carbocycles. The van der Waals surface area contributed by atoms with Gasteiger partial charge in [-0.1, -0.05) is 12.1 Å². The molecule has 0 saturated carbocycles. The van der Waals surface area contributed by atoms with Gasteiger partial charge in [0.15, 0.2) is 0 Å². The van der Waals surface area contributed by atoms with Crippen molar-refractivity contribution in [2.75, 3.05) is 17.2 Å². The molecule has 5 heteroatoms. The summed E-state index contributed by atoms with van der Waals surface area (Å²) in [5.41, 5.74) is 13.8. The monoisotopic (exact) mass is 256 g/mol. The van der Waals surface area contributed by atoms with Crippen LogP contribution in [0.5, 0.6) is 0 Å². The zero-order valence-corrected chi connectivity index (χ0v) is 10.5. The van der Waals surface area contributed by atoms with Crippen molar-refractivity contribution in [3.8, 4) is 0 Å². The van der Waals surface area contributed by atoms with Crippen LogP contribution >= 0.6 is 0 Å². The Kier molecular flexibility index (Phi) is 2.74. The van der Waals surface area contributed by atoms with Crippen molar-refractivity contribution in [2.45, 2.75) is 18.9 Å². The van der Waals surface area contributed by atoms with Crippen LogP contribution in [0.1, 0.15) is 12.8 Å². The van der Waals surface area contributed by atoms with Crippen molar-refractivity contribution in [3.63, 3.8) is 0 Å². The summed E-state index contributed by atoms with van der Waals surface area (Å²) in [5.74, 6) is -0.272. The van der Waals surface area contributed by atoms with Crippen LogP contribution < -0.4 is 16.4 Å². The molecule has 1 amide bonds. The van der Waals surface area contributed by atoms with E-state index < -0.39 is 0 Å². The molecule has 0 bridgehead atoms. The molecule has 1 saturated heterocycles. The standard InChI is InChI=1S/C14H16N4O/c15-10-4-1-3-9-11(6-7-17-13(9)10)18-8-2-5-12(18)14(16)19/h1,3-4,6-7,12H,2,5,8,15H2,(H2,16,19). The lowest BCUT2D eigenvalue weighted by Crippen LogP contribution is -2.40. The molecular formula is C14H16N4O. The molecular weight excluding hydrogens is 240 g/mol. The highest BCUT2D eigenvalue weighted by molar-refractivity contribution is 5.99. The van der Waals surface area contributed by atoms with Gasteiger partial charge in [0.1, 0.15) is 6.04 Å². The molecule has 1 aliphatic heterocycles. The second-order valence-electron chi connectivity index (χ2n) is 4.83. The van der Waals surface area contributed by atoms with E-state index in [1.165, 1.54) is 0 Å². The summed E-state index contributed by atoms with van der Waals surface area (Å²) in [5, 5.41) is 0.968. The van der Waals surface area contributed by atoms with Gasteiger partial charge in [0, 0.05) is 23.8 Å². The Balaban J connectivity index is 2.15. The number of aromatic nitrogens is 1. The number of rotatable bonds is 2. The number of hydrogen-bond acceptors (Lipinski definition) is 4. The molecule has 0 spiro atoms. The first-order valence-electron chi connectivity index (χ1n) is 6.37. The minimum atomic E-state index is -0.272. The number of fused-ring (bicyclic) bond motifs is 1. The highest BCUT2D eigenvalue weighted by Gasteiger charge is 2.30. The van der Waals surface area contributed by atoms with Gasteiger partial charge in [0.25, 0.3) is 0 Å². The minimum Gasteiger partial charge on any atom is -0.397 e. The van der Waals surface area contributed by atoms with Crippen molar-refractivity contribution >= 4 is 28.2 Å². The van der Waals surface area contributed by atoms with Crippen LogP contribution in [0.4, 0.5) is 11.4 Å². The molecule has 1 aromatic carbocycles. The highest BCUT2D eigenvalue weighted by atomic mass is 16.1. The van der Waals surface area contributed by atoms with Gasteiger partial charge >= 0.3 is 0 Å². The van der Waals surface area contributed by atoms with Gasteiger partial charge in [-0.3, -0.25) is 9.78 Å². The number of pyridine rings is 1. The Bertz CT molecular complexity index is 640. The van der Waals surface area contributed by atoms with Crippen LogP contribution in [0, 0.1) is 0 Å². The van der Waals surface area contributed by atoms with Crippen LogP contribution in [-0.4, -0.2) is 23.5 Å². The summed E-state index contributed by atoms with van der Waals surface area (Å²) in [6.07, 6.45) is 3.51. The van der Waals surface area contributed by atoms with Crippen LogP contribution in [0.3, 0.4) is 0 Å². The van der Waals surface area contributed by atoms with E-state index in [0.29, 0.717) is 5.69 Å². The molecule has 3 rings (SSSR count). The summed E-state index contributed by atoms with van der Waals surface area (Å²) in [7, 11) is 0. The number of primary amides is 1. The topological polar surface area (TPSA) is 85.2 Å². The average molecular weight is 256 g/mol. The zero-order chi connectivity index (χ0) is 13.4. The normalized spacial score (nSPS) is 18.9. The molecule has 0 radical (unpaired) electrons. The molecule has 19 heavy (non-hydrogen) atoms. The zero-order valence-electron chi connectivity index (χ0n) is 10.5. The molecule has 1 unspecified atom stereocenters. The maximum atomic E-state index is 11.5. The second kappa shape index (κ2) is 4.42. The molecule has 1 fully saturated rings. The van der Waals surface area contributed by atoms with Crippen molar-refractivity contribution in [1.29, 1.82) is 0 Å². The van der Waals surface area contributed by atoms with Gasteiger partial charge in [-0.25, -0.2) is 0 Å². The fraction of sp³-hybridized carbons (Fsp3) is 0.286. The number of amides is 1. The Morgan fingerprint density at radius 3 is 3.00 bits per heavy atom. The van der Waals surface area contributed by atoms with Gasteiger partial charge in [-0.15, -0.1) is 0 Å². The molecule has 2 aromatic rings. The number of benzene rings is 1. The maximum absolute atomic E-state index is 11.5. The fourth-order valence-corrected chi connectivity index (χ4v) is 2.79. The average Bonchev–Trinajstić information content (AvgIpc) is 2.88. The van der Waals surface area contributed by atoms with Crippen molar-refractivity contribution in [1.82, 2.24) is 4.98 Å². The van der Waals surface area contributed by atoms with E-state index in [0.717, 1.165) is 36.0 Å². The minimum absolute atomic E-state index is 0.230. The molecule has 1 aromatic heterocycles. The first-order chi connectivity index (χ1) is 9.18. The van der Waals surface area contributed by atoms with Gasteiger partial charge in [0.05, 0.1) is 11.2 Å². The van der Waals surface area contributed by atoms with E-state index in [2.05, 4.69) is 9.88 Å². The Labute approximate surface area is 111 Å². The third kappa shape index (κ3) is 1.87. The van der Waals surface area contributed by atoms with Crippen molar-refractivity contribution in [3.05, 3.63) is 30.5 Å². The number of anilines is 2. The number of hydrogen-bond donors (Lipinski definition) is 2. The highest BCUT2D eigenvalue weighted by Crippen LogP contribution is 2.32. The lowest BCUT2D eigenvalue weighted by molar-refractivity contribution is -0.119. The number of nitrogen functional groups attached to an aromatic ring is 1. The third-order valence-corrected chi connectivity index (χ3v) is 3.67. The van der Waals surface area contributed by atoms with Gasteiger partial charge in [0.2, 0.25) is 5.91 Å². The van der Waals surface area contributed by atoms with Crippen LogP contribution in [0.15, 0.2) is 30.5 Å². The van der Waals surface area contributed by atoms with Crippen molar-refractivity contribution < 1.29 is 4.79 Å². The summed E-state index contributed by atoms with van der Waals surface area (Å²) in [6, 6.07) is 7.40. The van der Waals surface area contributed by atoms with Crippen LogP contribution in [0.25, 0.3) is 10.9 Å². The van der Waals surface area contributed by atoms with Gasteiger partial charge in [-0.05, 0) is 25.0 Å². The molecule has 1 aliphatic rings. The molecule has 1 atom stereocenters. The van der Waals surface area contributed by atoms with E-state index in [-0.39, 0.29) is 11.9 Å². The van der Waals surface area contributed by atoms with E-state index in [9.17, 15) is 4.79 Å². The number of para-hydroxylation sites is 1. The summed E-state index contributed by atoms with van der Waals surface area (Å²) < 4.78 is 0. The predicted molar refractivity (Wildman–Crippen MR) is 75.7 cm³/mol. The largest absolute Gasteiger partial charge is 0.397 e. The first-order valence-corrected chi connectivity index (χ1v) is 6.37. The SMILES string of the molecule is NC(=O)C1CCCN1c1ccnc2c(N)cccc12. The molecule has 4 N–H and O–H groups in total. The van der Waals surface area contributed by atoms with E-state index >= 15 is 0 Å². The maximum Gasteiger partial charge on any atom is 0.240 e. The summed E-state index contributed by atoms with van der Waals surface area (Å²) in [4.78, 5) is 17.9. The van der Waals surface area contributed by atoms with E-state index in [4.69, 9.17) is 11.5 Å². The molecule has 2 heterocycles. The number of nitrogens with zero attached hydrogens (tertiary/aromatic N) is 2. The third-order valence-electron chi connectivity index (χ3n) is 3.67.